The molecular formula is C12H18N2O4. The van der Waals surface area contributed by atoms with E-state index in [-0.39, 0.29) is 30.6 Å². The Balaban J connectivity index is 2.78. The smallest absolute Gasteiger partial charge is 0.305 e. The molecule has 0 unspecified atom stereocenters. The standard InChI is InChI=1S/C12H18N2O4/c1-8(2)6-14(5-4-10(15)16)12(17)11-9(3)13-7-18-11/h7-8H,4-6H2,1-3H3,(H,15,16). The maximum Gasteiger partial charge on any atom is 0.305 e. The predicted octanol–water partition coefficient (Wildman–Crippen LogP) is 1.56. The van der Waals surface area contributed by atoms with Crippen molar-refractivity contribution in [3.8, 4) is 0 Å². The summed E-state index contributed by atoms with van der Waals surface area (Å²) in [4.78, 5) is 28.1. The van der Waals surface area contributed by atoms with Gasteiger partial charge in [-0.05, 0) is 12.8 Å². The number of amides is 1. The third-order valence-corrected chi connectivity index (χ3v) is 2.41. The van der Waals surface area contributed by atoms with Crippen molar-refractivity contribution in [1.29, 1.82) is 0 Å². The summed E-state index contributed by atoms with van der Waals surface area (Å²) in [6, 6.07) is 0. The second-order valence-corrected chi connectivity index (χ2v) is 4.56. The summed E-state index contributed by atoms with van der Waals surface area (Å²) < 4.78 is 5.05. The van der Waals surface area contributed by atoms with Gasteiger partial charge in [-0.1, -0.05) is 13.8 Å². The molecule has 6 nitrogen and oxygen atoms in total. The van der Waals surface area contributed by atoms with Gasteiger partial charge in [0.1, 0.15) is 0 Å². The van der Waals surface area contributed by atoms with Gasteiger partial charge >= 0.3 is 5.97 Å². The van der Waals surface area contributed by atoms with Crippen LogP contribution in [0.3, 0.4) is 0 Å². The number of hydrogen-bond donors (Lipinski definition) is 1. The molecule has 0 radical (unpaired) electrons. The summed E-state index contributed by atoms with van der Waals surface area (Å²) in [5.74, 6) is -0.794. The molecule has 0 fully saturated rings. The zero-order valence-electron chi connectivity index (χ0n) is 10.8. The minimum Gasteiger partial charge on any atom is -0.481 e. The molecule has 0 aliphatic heterocycles. The van der Waals surface area contributed by atoms with Gasteiger partial charge in [-0.3, -0.25) is 9.59 Å². The maximum atomic E-state index is 12.2. The molecule has 1 amide bonds. The maximum absolute atomic E-state index is 12.2. The number of carbonyl (C=O) groups is 2. The van der Waals surface area contributed by atoms with E-state index in [1.165, 1.54) is 11.3 Å². The van der Waals surface area contributed by atoms with Crippen LogP contribution < -0.4 is 0 Å². The molecule has 0 bridgehead atoms. The van der Waals surface area contributed by atoms with Crippen molar-refractivity contribution in [3.63, 3.8) is 0 Å². The zero-order chi connectivity index (χ0) is 13.7. The van der Waals surface area contributed by atoms with E-state index in [2.05, 4.69) is 4.98 Å². The van der Waals surface area contributed by atoms with Crippen LogP contribution in [0.15, 0.2) is 10.8 Å². The van der Waals surface area contributed by atoms with Crippen molar-refractivity contribution in [2.24, 2.45) is 5.92 Å². The van der Waals surface area contributed by atoms with Gasteiger partial charge in [0.2, 0.25) is 5.76 Å². The quantitative estimate of drug-likeness (QED) is 0.832. The Kier molecular flexibility index (Phi) is 4.88. The molecule has 1 aromatic rings. The van der Waals surface area contributed by atoms with Gasteiger partial charge in [-0.15, -0.1) is 0 Å². The van der Waals surface area contributed by atoms with E-state index in [0.29, 0.717) is 12.2 Å². The Labute approximate surface area is 106 Å². The number of aliphatic carboxylic acids is 1. The van der Waals surface area contributed by atoms with Gasteiger partial charge < -0.3 is 14.4 Å². The summed E-state index contributed by atoms with van der Waals surface area (Å²) in [7, 11) is 0. The molecule has 0 spiro atoms. The van der Waals surface area contributed by atoms with Crippen LogP contribution in [0, 0.1) is 12.8 Å². The van der Waals surface area contributed by atoms with Crippen LogP contribution >= 0.6 is 0 Å². The fourth-order valence-electron chi connectivity index (χ4n) is 1.60. The van der Waals surface area contributed by atoms with Crippen LogP contribution in [0.1, 0.15) is 36.5 Å². The highest BCUT2D eigenvalue weighted by Gasteiger charge is 2.22. The lowest BCUT2D eigenvalue weighted by molar-refractivity contribution is -0.137. The van der Waals surface area contributed by atoms with E-state index in [1.807, 2.05) is 13.8 Å². The van der Waals surface area contributed by atoms with Gasteiger partial charge in [0.25, 0.3) is 5.91 Å². The molecule has 1 rings (SSSR count). The van der Waals surface area contributed by atoms with Gasteiger partial charge in [-0.25, -0.2) is 4.98 Å². The van der Waals surface area contributed by atoms with E-state index < -0.39 is 5.97 Å². The van der Waals surface area contributed by atoms with Crippen molar-refractivity contribution >= 4 is 11.9 Å². The number of oxazole rings is 1. The normalized spacial score (nSPS) is 10.7. The summed E-state index contributed by atoms with van der Waals surface area (Å²) in [6.45, 7) is 6.28. The minimum atomic E-state index is -0.925. The zero-order valence-corrected chi connectivity index (χ0v) is 10.8. The second kappa shape index (κ2) is 6.18. The fourth-order valence-corrected chi connectivity index (χ4v) is 1.60. The number of carbonyl (C=O) groups excluding carboxylic acids is 1. The molecule has 0 aromatic carbocycles. The van der Waals surface area contributed by atoms with Crippen molar-refractivity contribution in [3.05, 3.63) is 17.8 Å². The Morgan fingerprint density at radius 1 is 1.50 bits per heavy atom. The van der Waals surface area contributed by atoms with Crippen LogP contribution in [-0.4, -0.2) is 40.0 Å². The summed E-state index contributed by atoms with van der Waals surface area (Å²) in [5.41, 5.74) is 0.518. The number of carboxylic acids is 1. The first-order chi connectivity index (χ1) is 8.41. The molecule has 18 heavy (non-hydrogen) atoms. The number of aryl methyl sites for hydroxylation is 1. The highest BCUT2D eigenvalue weighted by atomic mass is 16.4. The molecule has 6 heteroatoms. The Morgan fingerprint density at radius 3 is 2.61 bits per heavy atom. The lowest BCUT2D eigenvalue weighted by Crippen LogP contribution is -2.36. The number of rotatable bonds is 6. The number of carboxylic acid groups (broad SMARTS) is 1. The van der Waals surface area contributed by atoms with Crippen LogP contribution in [-0.2, 0) is 4.79 Å². The highest BCUT2D eigenvalue weighted by molar-refractivity contribution is 5.92. The Bertz CT molecular complexity index is 425. The summed E-state index contributed by atoms with van der Waals surface area (Å²) >= 11 is 0. The molecular weight excluding hydrogens is 236 g/mol. The average Bonchev–Trinajstić information content (AvgIpc) is 2.69. The molecule has 100 valence electrons. The van der Waals surface area contributed by atoms with E-state index >= 15 is 0 Å². The topological polar surface area (TPSA) is 83.6 Å². The summed E-state index contributed by atoms with van der Waals surface area (Å²) in [6.07, 6.45) is 1.14. The number of nitrogens with zero attached hydrogens (tertiary/aromatic N) is 2. The summed E-state index contributed by atoms with van der Waals surface area (Å²) in [5, 5.41) is 8.69. The molecule has 0 saturated carbocycles. The first-order valence-electron chi connectivity index (χ1n) is 5.83. The molecule has 0 saturated heterocycles. The van der Waals surface area contributed by atoms with E-state index in [1.54, 1.807) is 6.92 Å². The van der Waals surface area contributed by atoms with Gasteiger partial charge in [-0.2, -0.15) is 0 Å². The van der Waals surface area contributed by atoms with Crippen LogP contribution in [0.2, 0.25) is 0 Å². The molecule has 1 aromatic heterocycles. The van der Waals surface area contributed by atoms with Gasteiger partial charge in [0.05, 0.1) is 12.1 Å². The monoisotopic (exact) mass is 254 g/mol. The average molecular weight is 254 g/mol. The van der Waals surface area contributed by atoms with Gasteiger partial charge in [0.15, 0.2) is 6.39 Å². The number of aromatic nitrogens is 1. The van der Waals surface area contributed by atoms with E-state index in [4.69, 9.17) is 9.52 Å². The fraction of sp³-hybridized carbons (Fsp3) is 0.583. The van der Waals surface area contributed by atoms with Gasteiger partial charge in [0, 0.05) is 13.1 Å². The SMILES string of the molecule is Cc1ncoc1C(=O)N(CCC(=O)O)CC(C)C. The van der Waals surface area contributed by atoms with Crippen molar-refractivity contribution < 1.29 is 19.1 Å². The molecule has 0 aliphatic rings. The Hall–Kier alpha value is -1.85. The van der Waals surface area contributed by atoms with Crippen LogP contribution in [0.4, 0.5) is 0 Å². The van der Waals surface area contributed by atoms with Crippen LogP contribution in [0.25, 0.3) is 0 Å². The molecule has 0 aliphatic carbocycles. The molecule has 1 N–H and O–H groups in total. The third kappa shape index (κ3) is 3.87. The Morgan fingerprint density at radius 2 is 2.17 bits per heavy atom. The first kappa shape index (κ1) is 14.2. The van der Waals surface area contributed by atoms with E-state index in [9.17, 15) is 9.59 Å². The largest absolute Gasteiger partial charge is 0.481 e. The third-order valence-electron chi connectivity index (χ3n) is 2.41. The number of hydrogen-bond acceptors (Lipinski definition) is 4. The van der Waals surface area contributed by atoms with E-state index in [0.717, 1.165) is 0 Å². The van der Waals surface area contributed by atoms with Crippen molar-refractivity contribution in [2.45, 2.75) is 27.2 Å². The second-order valence-electron chi connectivity index (χ2n) is 4.56. The molecule has 0 atom stereocenters. The first-order valence-corrected chi connectivity index (χ1v) is 5.83. The predicted molar refractivity (Wildman–Crippen MR) is 64.2 cm³/mol. The van der Waals surface area contributed by atoms with Crippen molar-refractivity contribution in [1.82, 2.24) is 9.88 Å². The highest BCUT2D eigenvalue weighted by Crippen LogP contribution is 2.11. The van der Waals surface area contributed by atoms with Crippen molar-refractivity contribution in [2.75, 3.05) is 13.1 Å². The molecule has 1 heterocycles. The minimum absolute atomic E-state index is 0.0777. The van der Waals surface area contributed by atoms with Crippen LogP contribution in [0.5, 0.6) is 0 Å². The lowest BCUT2D eigenvalue weighted by Gasteiger charge is -2.23. The lowest BCUT2D eigenvalue weighted by atomic mass is 10.2.